The summed E-state index contributed by atoms with van der Waals surface area (Å²) in [7, 11) is 0. The summed E-state index contributed by atoms with van der Waals surface area (Å²) < 4.78 is 7.75. The first-order chi connectivity index (χ1) is 29.8. The van der Waals surface area contributed by atoms with E-state index >= 15 is 0 Å². The van der Waals surface area contributed by atoms with Gasteiger partial charge in [0.05, 0.1) is 31.6 Å². The molecule has 0 fully saturated rings. The molecule has 7 N–H and O–H groups in total. The fourth-order valence-electron chi connectivity index (χ4n) is 7.95. The summed E-state index contributed by atoms with van der Waals surface area (Å²) in [5.74, 6) is 0. The molecular formula is C50H53N9O2. The predicted molar refractivity (Wildman–Crippen MR) is 243 cm³/mol. The molecule has 0 atom stereocenters. The van der Waals surface area contributed by atoms with Gasteiger partial charge >= 0.3 is 0 Å². The zero-order valence-electron chi connectivity index (χ0n) is 34.8. The number of fused-ring (bicyclic) bond motifs is 3. The van der Waals surface area contributed by atoms with Crippen molar-refractivity contribution in [3.05, 3.63) is 179 Å². The number of nitrogens with one attached hydrogen (secondary N) is 6. The second-order valence-corrected chi connectivity index (χ2v) is 16.6. The predicted octanol–water partition coefficient (Wildman–Crippen LogP) is 8.59. The van der Waals surface area contributed by atoms with Crippen LogP contribution in [0.25, 0.3) is 43.8 Å². The van der Waals surface area contributed by atoms with E-state index < -0.39 is 5.60 Å². The lowest BCUT2D eigenvalue weighted by Crippen LogP contribution is -2.28. The van der Waals surface area contributed by atoms with Gasteiger partial charge in [-0.1, -0.05) is 71.9 Å². The fourth-order valence-corrected chi connectivity index (χ4v) is 7.95. The third kappa shape index (κ3) is 10.2. The molecule has 5 aromatic carbocycles. The van der Waals surface area contributed by atoms with Gasteiger partial charge in [-0.05, 0) is 124 Å². The van der Waals surface area contributed by atoms with Crippen molar-refractivity contribution in [2.24, 2.45) is 0 Å². The summed E-state index contributed by atoms with van der Waals surface area (Å²) in [4.78, 5) is 10.7. The molecule has 0 saturated heterocycles. The summed E-state index contributed by atoms with van der Waals surface area (Å²) in [5.41, 5.74) is 14.0. The normalized spacial score (nSPS) is 12.0. The van der Waals surface area contributed by atoms with Crippen LogP contribution in [-0.2, 0) is 57.2 Å². The van der Waals surface area contributed by atoms with Crippen molar-refractivity contribution in [3.8, 4) is 11.1 Å². The molecule has 310 valence electrons. The Kier molecular flexibility index (Phi) is 11.9. The van der Waals surface area contributed by atoms with E-state index in [1.807, 2.05) is 24.7 Å². The highest BCUT2D eigenvalue weighted by Gasteiger charge is 2.18. The maximum Gasteiger partial charge on any atom is 0.108 e. The van der Waals surface area contributed by atoms with Crippen molar-refractivity contribution < 1.29 is 9.84 Å². The zero-order valence-corrected chi connectivity index (χ0v) is 34.8. The topological polar surface area (TPSA) is 144 Å². The molecule has 0 unspecified atom stereocenters. The fraction of sp³-hybridized carbons (Fsp3) is 0.240. The third-order valence-corrected chi connectivity index (χ3v) is 11.1. The number of ether oxygens (including phenoxy) is 1. The van der Waals surface area contributed by atoms with Gasteiger partial charge in [-0.25, -0.2) is 4.68 Å². The molecule has 0 saturated carbocycles. The molecule has 61 heavy (non-hydrogen) atoms. The molecule has 4 heterocycles. The highest BCUT2D eigenvalue weighted by Crippen LogP contribution is 2.27. The molecule has 0 bridgehead atoms. The van der Waals surface area contributed by atoms with Crippen LogP contribution in [0.15, 0.2) is 134 Å². The van der Waals surface area contributed by atoms with Gasteiger partial charge in [-0.2, -0.15) is 0 Å². The van der Waals surface area contributed by atoms with Crippen molar-refractivity contribution in [1.82, 2.24) is 45.9 Å². The molecule has 11 heteroatoms. The highest BCUT2D eigenvalue weighted by atomic mass is 16.5. The van der Waals surface area contributed by atoms with Crippen molar-refractivity contribution in [1.29, 1.82) is 0 Å². The van der Waals surface area contributed by atoms with Crippen molar-refractivity contribution >= 4 is 32.7 Å². The Hall–Kier alpha value is -6.34. The standard InChI is InChI=1S/C50H53N9O2/c1-50(2,33-60)61-32-46-31-59(58-57-46)30-37-16-36(26-53-29-45-23-40-11-5-8-14-49(40)56-45)19-42(20-37)41-17-34(24-51-27-43-21-38-9-3-6-12-47(38)54-43)15-35(18-41)25-52-28-44-22-39-10-4-7-13-48(39)55-44/h3-23,31,51-56,60H,24-30,32-33H2,1-2H3. The van der Waals surface area contributed by atoms with E-state index in [-0.39, 0.29) is 13.2 Å². The van der Waals surface area contributed by atoms with Gasteiger partial charge < -0.3 is 40.7 Å². The monoisotopic (exact) mass is 811 g/mol. The van der Waals surface area contributed by atoms with E-state index in [1.165, 1.54) is 32.8 Å². The van der Waals surface area contributed by atoms with Gasteiger partial charge in [-0.15, -0.1) is 5.10 Å². The Morgan fingerprint density at radius 1 is 0.557 bits per heavy atom. The number of nitrogens with zero attached hydrogens (tertiary/aromatic N) is 3. The van der Waals surface area contributed by atoms with Crippen LogP contribution in [0.4, 0.5) is 0 Å². The quantitative estimate of drug-likeness (QED) is 0.0434. The number of para-hydroxylation sites is 3. The number of rotatable bonds is 19. The number of benzene rings is 5. The molecule has 4 aromatic heterocycles. The largest absolute Gasteiger partial charge is 0.393 e. The molecule has 9 aromatic rings. The number of H-pyrrole nitrogens is 3. The van der Waals surface area contributed by atoms with Crippen LogP contribution < -0.4 is 16.0 Å². The highest BCUT2D eigenvalue weighted by molar-refractivity contribution is 5.81. The van der Waals surface area contributed by atoms with Crippen LogP contribution >= 0.6 is 0 Å². The first-order valence-corrected chi connectivity index (χ1v) is 21.0. The van der Waals surface area contributed by atoms with E-state index in [2.05, 4.69) is 169 Å². The van der Waals surface area contributed by atoms with Gasteiger partial charge in [-0.3, -0.25) is 0 Å². The van der Waals surface area contributed by atoms with Gasteiger partial charge in [0.1, 0.15) is 5.69 Å². The molecule has 0 aliphatic rings. The number of aliphatic hydroxyl groups is 1. The summed E-state index contributed by atoms with van der Waals surface area (Å²) in [5, 5.41) is 33.2. The first kappa shape index (κ1) is 40.1. The lowest BCUT2D eigenvalue weighted by Gasteiger charge is -2.21. The van der Waals surface area contributed by atoms with Crippen molar-refractivity contribution in [3.63, 3.8) is 0 Å². The second-order valence-electron chi connectivity index (χ2n) is 16.6. The number of aromatic amines is 3. The Morgan fingerprint density at radius 3 is 1.43 bits per heavy atom. The first-order valence-electron chi connectivity index (χ1n) is 21.0. The van der Waals surface area contributed by atoms with Crippen molar-refractivity contribution in [2.75, 3.05) is 6.61 Å². The maximum absolute atomic E-state index is 9.66. The molecule has 0 amide bonds. The zero-order chi connectivity index (χ0) is 41.6. The van der Waals surface area contributed by atoms with Gasteiger partial charge in [0.2, 0.25) is 0 Å². The van der Waals surface area contributed by atoms with Crippen LogP contribution in [0.3, 0.4) is 0 Å². The average molecular weight is 812 g/mol. The van der Waals surface area contributed by atoms with E-state index in [4.69, 9.17) is 4.74 Å². The minimum Gasteiger partial charge on any atom is -0.393 e. The van der Waals surface area contributed by atoms with Gasteiger partial charge in [0.15, 0.2) is 0 Å². The maximum atomic E-state index is 9.66. The summed E-state index contributed by atoms with van der Waals surface area (Å²) in [6.45, 7) is 8.76. The summed E-state index contributed by atoms with van der Waals surface area (Å²) in [6, 6.07) is 45.6. The molecule has 9 rings (SSSR count). The molecular weight excluding hydrogens is 759 g/mol. The van der Waals surface area contributed by atoms with E-state index in [0.717, 1.165) is 69.1 Å². The molecule has 0 radical (unpaired) electrons. The number of aromatic nitrogens is 6. The van der Waals surface area contributed by atoms with Crippen molar-refractivity contribution in [2.45, 2.75) is 71.9 Å². The van der Waals surface area contributed by atoms with Crippen LogP contribution in [-0.4, -0.2) is 47.3 Å². The number of hydrogen-bond acceptors (Lipinski definition) is 7. The van der Waals surface area contributed by atoms with E-state index in [1.54, 1.807) is 0 Å². The molecule has 11 nitrogen and oxygen atoms in total. The lowest BCUT2D eigenvalue weighted by molar-refractivity contribution is -0.0644. The lowest BCUT2D eigenvalue weighted by atomic mass is 9.96. The Labute approximate surface area is 355 Å². The minimum absolute atomic E-state index is 0.0752. The Balaban J connectivity index is 0.982. The summed E-state index contributed by atoms with van der Waals surface area (Å²) in [6.07, 6.45) is 1.92. The van der Waals surface area contributed by atoms with Crippen LogP contribution in [0.1, 0.15) is 58.9 Å². The average Bonchev–Trinajstić information content (AvgIpc) is 4.08. The number of hydrogen-bond donors (Lipinski definition) is 7. The molecule has 0 aliphatic heterocycles. The van der Waals surface area contributed by atoms with Crippen LogP contribution in [0.2, 0.25) is 0 Å². The van der Waals surface area contributed by atoms with Gasteiger partial charge in [0.25, 0.3) is 0 Å². The smallest absolute Gasteiger partial charge is 0.108 e. The summed E-state index contributed by atoms with van der Waals surface area (Å²) >= 11 is 0. The van der Waals surface area contributed by atoms with E-state index in [9.17, 15) is 5.11 Å². The molecule has 0 spiro atoms. The molecule has 0 aliphatic carbocycles. The third-order valence-electron chi connectivity index (χ3n) is 11.1. The minimum atomic E-state index is -0.654. The van der Waals surface area contributed by atoms with Crippen LogP contribution in [0, 0.1) is 0 Å². The second kappa shape index (κ2) is 18.1. The Bertz CT molecular complexity index is 2680. The Morgan fingerprint density at radius 2 is 0.984 bits per heavy atom. The number of aliphatic hydroxyl groups excluding tert-OH is 1. The van der Waals surface area contributed by atoms with E-state index in [0.29, 0.717) is 32.7 Å². The van der Waals surface area contributed by atoms with Gasteiger partial charge in [0, 0.05) is 72.9 Å². The van der Waals surface area contributed by atoms with Crippen LogP contribution in [0.5, 0.6) is 0 Å². The SMILES string of the molecule is CC(C)(CO)OCc1cn(Cc2cc(CNCc3cc4ccccc4[nH]3)cc(-c3cc(CNCc4cc5ccccc5[nH]4)cc(CNCc4cc5ccccc5[nH]4)c3)c2)nn1.